The minimum atomic E-state index is -0.647. The van der Waals surface area contributed by atoms with Gasteiger partial charge in [-0.3, -0.25) is 9.48 Å². The molecule has 0 unspecified atom stereocenters. The molecule has 1 heterocycles. The predicted octanol–water partition coefficient (Wildman–Crippen LogP) is 2.00. The minimum Gasteiger partial charge on any atom is -0.490 e. The number of carbonyl (C=O) groups is 2. The molecule has 0 spiro atoms. The first-order valence-electron chi connectivity index (χ1n) is 8.22. The van der Waals surface area contributed by atoms with Gasteiger partial charge in [0, 0.05) is 7.05 Å². The van der Waals surface area contributed by atoms with Crippen molar-refractivity contribution in [1.29, 1.82) is 0 Å². The lowest BCUT2D eigenvalue weighted by Gasteiger charge is -2.11. The van der Waals surface area contributed by atoms with Gasteiger partial charge in [0.1, 0.15) is 0 Å². The second-order valence-electron chi connectivity index (χ2n) is 5.55. The maximum atomic E-state index is 12.0. The van der Waals surface area contributed by atoms with Crippen LogP contribution in [-0.4, -0.2) is 41.5 Å². The van der Waals surface area contributed by atoms with Gasteiger partial charge >= 0.3 is 5.97 Å². The Morgan fingerprint density at radius 3 is 2.35 bits per heavy atom. The first kappa shape index (κ1) is 19.3. The smallest absolute Gasteiger partial charge is 0.344 e. The molecule has 1 aromatic carbocycles. The Morgan fingerprint density at radius 1 is 1.12 bits per heavy atom. The van der Waals surface area contributed by atoms with Gasteiger partial charge in [-0.15, -0.1) is 0 Å². The number of carbonyl (C=O) groups excluding carboxylic acids is 2. The monoisotopic (exact) mass is 361 g/mol. The molecular weight excluding hydrogens is 338 g/mol. The molecule has 26 heavy (non-hydrogen) atoms. The van der Waals surface area contributed by atoms with Gasteiger partial charge in [0.15, 0.2) is 24.7 Å². The average molecular weight is 361 g/mol. The molecule has 0 aliphatic rings. The first-order valence-corrected chi connectivity index (χ1v) is 8.22. The zero-order chi connectivity index (χ0) is 19.1. The van der Waals surface area contributed by atoms with Crippen molar-refractivity contribution >= 4 is 17.6 Å². The minimum absolute atomic E-state index is 0.317. The number of nitrogens with zero attached hydrogens (tertiary/aromatic N) is 2. The van der Waals surface area contributed by atoms with Crippen molar-refractivity contribution in [3.63, 3.8) is 0 Å². The number of rotatable bonds is 8. The summed E-state index contributed by atoms with van der Waals surface area (Å²) in [4.78, 5) is 23.8. The van der Waals surface area contributed by atoms with E-state index in [-0.39, 0.29) is 6.61 Å². The van der Waals surface area contributed by atoms with Gasteiger partial charge in [0.25, 0.3) is 5.91 Å². The van der Waals surface area contributed by atoms with Crippen LogP contribution in [0.5, 0.6) is 11.5 Å². The summed E-state index contributed by atoms with van der Waals surface area (Å²) in [5.41, 5.74) is 2.13. The highest BCUT2D eigenvalue weighted by atomic mass is 16.6. The molecule has 0 atom stereocenters. The van der Waals surface area contributed by atoms with E-state index in [0.717, 1.165) is 5.69 Å². The molecule has 2 rings (SSSR count). The van der Waals surface area contributed by atoms with E-state index in [9.17, 15) is 9.59 Å². The number of amides is 1. The van der Waals surface area contributed by atoms with Crippen LogP contribution in [0.1, 0.15) is 18.3 Å². The number of ether oxygens (including phenoxy) is 3. The highest BCUT2D eigenvalue weighted by Gasteiger charge is 2.14. The number of benzene rings is 1. The van der Waals surface area contributed by atoms with E-state index in [1.165, 1.54) is 0 Å². The molecule has 8 heteroatoms. The van der Waals surface area contributed by atoms with Gasteiger partial charge in [-0.05, 0) is 32.9 Å². The molecule has 0 fully saturated rings. The van der Waals surface area contributed by atoms with E-state index in [2.05, 4.69) is 10.4 Å². The van der Waals surface area contributed by atoms with Crippen LogP contribution in [0.4, 0.5) is 5.69 Å². The molecule has 0 aliphatic heterocycles. The average Bonchev–Trinajstić information content (AvgIpc) is 2.85. The lowest BCUT2D eigenvalue weighted by molar-refractivity contribution is -0.149. The van der Waals surface area contributed by atoms with Crippen LogP contribution >= 0.6 is 0 Å². The van der Waals surface area contributed by atoms with Crippen LogP contribution in [0.3, 0.4) is 0 Å². The van der Waals surface area contributed by atoms with E-state index in [1.54, 1.807) is 36.9 Å². The third-order valence-electron chi connectivity index (χ3n) is 3.63. The number of nitrogens with one attached hydrogen (secondary N) is 1. The van der Waals surface area contributed by atoms with E-state index in [1.807, 2.05) is 19.9 Å². The van der Waals surface area contributed by atoms with Crippen molar-refractivity contribution in [1.82, 2.24) is 9.78 Å². The zero-order valence-corrected chi connectivity index (χ0v) is 15.4. The van der Waals surface area contributed by atoms with Gasteiger partial charge in [0.05, 0.1) is 23.7 Å². The van der Waals surface area contributed by atoms with Crippen LogP contribution in [0.15, 0.2) is 24.3 Å². The van der Waals surface area contributed by atoms with Crippen molar-refractivity contribution < 1.29 is 23.8 Å². The quantitative estimate of drug-likeness (QED) is 0.723. The van der Waals surface area contributed by atoms with Crippen molar-refractivity contribution in [3.05, 3.63) is 35.7 Å². The molecule has 0 saturated heterocycles. The first-order chi connectivity index (χ1) is 12.4. The summed E-state index contributed by atoms with van der Waals surface area (Å²) in [6.07, 6.45) is 0. The Bertz CT molecular complexity index is 785. The molecular formula is C18H23N3O5. The molecule has 0 radical (unpaired) electrons. The fourth-order valence-electron chi connectivity index (χ4n) is 2.30. The number of esters is 1. The normalized spacial score (nSPS) is 10.3. The summed E-state index contributed by atoms with van der Waals surface area (Å²) in [7, 11) is 1.79. The lowest BCUT2D eigenvalue weighted by Crippen LogP contribution is -2.24. The van der Waals surface area contributed by atoms with E-state index in [4.69, 9.17) is 14.2 Å². The molecule has 1 amide bonds. The Labute approximate surface area is 152 Å². The largest absolute Gasteiger partial charge is 0.490 e. The van der Waals surface area contributed by atoms with Gasteiger partial charge in [0.2, 0.25) is 0 Å². The topological polar surface area (TPSA) is 91.7 Å². The van der Waals surface area contributed by atoms with Crippen molar-refractivity contribution in [2.75, 3.05) is 25.1 Å². The van der Waals surface area contributed by atoms with Crippen molar-refractivity contribution in [2.24, 2.45) is 7.05 Å². The van der Waals surface area contributed by atoms with E-state index < -0.39 is 18.5 Å². The van der Waals surface area contributed by atoms with Crippen molar-refractivity contribution in [2.45, 2.75) is 20.8 Å². The second kappa shape index (κ2) is 8.89. The van der Waals surface area contributed by atoms with Crippen LogP contribution in [0.25, 0.3) is 0 Å². The van der Waals surface area contributed by atoms with E-state index in [0.29, 0.717) is 29.5 Å². The molecule has 8 nitrogen and oxygen atoms in total. The van der Waals surface area contributed by atoms with Gasteiger partial charge in [-0.1, -0.05) is 12.1 Å². The summed E-state index contributed by atoms with van der Waals surface area (Å²) in [6, 6.07) is 7.02. The van der Waals surface area contributed by atoms with Gasteiger partial charge in [-0.25, -0.2) is 4.79 Å². The highest BCUT2D eigenvalue weighted by molar-refractivity contribution is 5.93. The maximum Gasteiger partial charge on any atom is 0.344 e. The summed E-state index contributed by atoms with van der Waals surface area (Å²) in [5, 5.41) is 6.90. The highest BCUT2D eigenvalue weighted by Crippen LogP contribution is 2.26. The number of aryl methyl sites for hydroxylation is 2. The number of para-hydroxylation sites is 2. The Hall–Kier alpha value is -3.03. The SMILES string of the molecule is CCOc1ccccc1OCC(=O)OCC(=O)Nc1c(C)nn(C)c1C. The maximum absolute atomic E-state index is 12.0. The number of anilines is 1. The predicted molar refractivity (Wildman–Crippen MR) is 95.4 cm³/mol. The third-order valence-corrected chi connectivity index (χ3v) is 3.63. The standard InChI is InChI=1S/C18H23N3O5/c1-5-24-14-8-6-7-9-15(14)25-11-17(23)26-10-16(22)19-18-12(2)20-21(4)13(18)3/h6-9H,5,10-11H2,1-4H3,(H,19,22). The van der Waals surface area contributed by atoms with Gasteiger partial charge in [-0.2, -0.15) is 5.10 Å². The third kappa shape index (κ3) is 4.98. The van der Waals surface area contributed by atoms with Crippen molar-refractivity contribution in [3.8, 4) is 11.5 Å². The summed E-state index contributed by atoms with van der Waals surface area (Å²) in [5.74, 6) is -0.0984. The fourth-order valence-corrected chi connectivity index (χ4v) is 2.30. The summed E-state index contributed by atoms with van der Waals surface area (Å²) < 4.78 is 17.4. The molecule has 0 aliphatic carbocycles. The fraction of sp³-hybridized carbons (Fsp3) is 0.389. The number of hydrogen-bond donors (Lipinski definition) is 1. The lowest BCUT2D eigenvalue weighted by atomic mass is 10.3. The molecule has 1 N–H and O–H groups in total. The summed E-state index contributed by atoms with van der Waals surface area (Å²) >= 11 is 0. The summed E-state index contributed by atoms with van der Waals surface area (Å²) in [6.45, 7) is 5.25. The molecule has 2 aromatic rings. The van der Waals surface area contributed by atoms with Crippen LogP contribution < -0.4 is 14.8 Å². The number of hydrogen-bond acceptors (Lipinski definition) is 6. The van der Waals surface area contributed by atoms with Crippen LogP contribution in [-0.2, 0) is 21.4 Å². The Kier molecular flexibility index (Phi) is 6.60. The molecule has 1 aromatic heterocycles. The van der Waals surface area contributed by atoms with Crippen LogP contribution in [0, 0.1) is 13.8 Å². The van der Waals surface area contributed by atoms with Gasteiger partial charge < -0.3 is 19.5 Å². The molecule has 0 saturated carbocycles. The second-order valence-corrected chi connectivity index (χ2v) is 5.55. The Morgan fingerprint density at radius 2 is 1.77 bits per heavy atom. The Balaban J connectivity index is 1.81. The van der Waals surface area contributed by atoms with Crippen LogP contribution in [0.2, 0.25) is 0 Å². The molecule has 0 bridgehead atoms. The number of aromatic nitrogens is 2. The zero-order valence-electron chi connectivity index (χ0n) is 15.4. The molecule has 140 valence electrons. The van der Waals surface area contributed by atoms with E-state index >= 15 is 0 Å².